The molecule has 5 heteroatoms. The molecule has 2 fully saturated rings. The topological polar surface area (TPSA) is 43.8 Å². The number of halogens is 1. The summed E-state index contributed by atoms with van der Waals surface area (Å²) in [4.78, 5) is 16.7. The second kappa shape index (κ2) is 6.97. The van der Waals surface area contributed by atoms with Crippen molar-refractivity contribution in [2.45, 2.75) is 44.2 Å². The smallest absolute Gasteiger partial charge is 0.223 e. The minimum absolute atomic E-state index is 0.103. The SMILES string of the molecule is CC(CC(=O)N1CCC(N2CC(O)C2)CC1)c1ccc(F)cc1. The van der Waals surface area contributed by atoms with Gasteiger partial charge in [0.2, 0.25) is 5.91 Å². The summed E-state index contributed by atoms with van der Waals surface area (Å²) in [7, 11) is 0. The van der Waals surface area contributed by atoms with Crippen molar-refractivity contribution in [2.75, 3.05) is 26.2 Å². The summed E-state index contributed by atoms with van der Waals surface area (Å²) in [5.74, 6) is 0.0423. The normalized spacial score (nSPS) is 22.0. The molecule has 0 aliphatic carbocycles. The lowest BCUT2D eigenvalue weighted by molar-refractivity contribution is -0.134. The number of carbonyl (C=O) groups is 1. The predicted octanol–water partition coefficient (Wildman–Crippen LogP) is 1.99. The molecule has 0 aromatic heterocycles. The van der Waals surface area contributed by atoms with E-state index in [1.165, 1.54) is 12.1 Å². The first-order chi connectivity index (χ1) is 11.0. The second-order valence-corrected chi connectivity index (χ2v) is 6.88. The highest BCUT2D eigenvalue weighted by Gasteiger charge is 2.33. The van der Waals surface area contributed by atoms with E-state index in [2.05, 4.69) is 4.90 Å². The van der Waals surface area contributed by atoms with E-state index in [0.29, 0.717) is 12.5 Å². The Labute approximate surface area is 136 Å². The van der Waals surface area contributed by atoms with Gasteiger partial charge in [-0.05, 0) is 36.5 Å². The van der Waals surface area contributed by atoms with Crippen LogP contribution < -0.4 is 0 Å². The fraction of sp³-hybridized carbons (Fsp3) is 0.611. The highest BCUT2D eigenvalue weighted by Crippen LogP contribution is 2.24. The van der Waals surface area contributed by atoms with Crippen LogP contribution in [-0.4, -0.2) is 59.1 Å². The number of hydrogen-bond acceptors (Lipinski definition) is 3. The van der Waals surface area contributed by atoms with Crippen molar-refractivity contribution in [1.82, 2.24) is 9.80 Å². The van der Waals surface area contributed by atoms with Crippen molar-refractivity contribution in [3.63, 3.8) is 0 Å². The number of likely N-dealkylation sites (tertiary alicyclic amines) is 2. The number of piperidine rings is 1. The van der Waals surface area contributed by atoms with E-state index < -0.39 is 0 Å². The molecule has 0 bridgehead atoms. The van der Waals surface area contributed by atoms with Crippen LogP contribution in [0.1, 0.15) is 37.7 Å². The number of aliphatic hydroxyl groups excluding tert-OH is 1. The Kier molecular flexibility index (Phi) is 4.97. The Morgan fingerprint density at radius 1 is 1.26 bits per heavy atom. The molecule has 1 aromatic carbocycles. The number of aliphatic hydroxyl groups is 1. The standard InChI is InChI=1S/C18H25FN2O2/c1-13(14-2-4-15(19)5-3-14)10-18(23)20-8-6-16(7-9-20)21-11-17(22)12-21/h2-5,13,16-17,22H,6-12H2,1H3. The van der Waals surface area contributed by atoms with Crippen LogP contribution in [0.25, 0.3) is 0 Å². The van der Waals surface area contributed by atoms with E-state index in [1.807, 2.05) is 11.8 Å². The van der Waals surface area contributed by atoms with Crippen molar-refractivity contribution in [1.29, 1.82) is 0 Å². The lowest BCUT2D eigenvalue weighted by Gasteiger charge is -2.45. The van der Waals surface area contributed by atoms with Crippen LogP contribution in [-0.2, 0) is 4.79 Å². The van der Waals surface area contributed by atoms with Crippen LogP contribution in [0.5, 0.6) is 0 Å². The van der Waals surface area contributed by atoms with Gasteiger partial charge in [0.25, 0.3) is 0 Å². The van der Waals surface area contributed by atoms with Gasteiger partial charge in [-0.15, -0.1) is 0 Å². The molecule has 1 unspecified atom stereocenters. The predicted molar refractivity (Wildman–Crippen MR) is 86.6 cm³/mol. The van der Waals surface area contributed by atoms with Crippen LogP contribution in [0.4, 0.5) is 4.39 Å². The van der Waals surface area contributed by atoms with Gasteiger partial charge in [0, 0.05) is 38.6 Å². The van der Waals surface area contributed by atoms with E-state index in [0.717, 1.165) is 44.6 Å². The fourth-order valence-electron chi connectivity index (χ4n) is 3.57. The van der Waals surface area contributed by atoms with E-state index in [1.54, 1.807) is 12.1 Å². The van der Waals surface area contributed by atoms with Gasteiger partial charge >= 0.3 is 0 Å². The maximum atomic E-state index is 13.0. The molecular formula is C18H25FN2O2. The molecule has 1 atom stereocenters. The summed E-state index contributed by atoms with van der Waals surface area (Å²) in [6.07, 6.45) is 2.29. The van der Waals surface area contributed by atoms with Gasteiger partial charge in [-0.3, -0.25) is 9.69 Å². The third-order valence-corrected chi connectivity index (χ3v) is 5.14. The maximum absolute atomic E-state index is 13.0. The highest BCUT2D eigenvalue weighted by atomic mass is 19.1. The molecule has 2 aliphatic rings. The molecule has 0 radical (unpaired) electrons. The number of carbonyl (C=O) groups excluding carboxylic acids is 1. The Morgan fingerprint density at radius 2 is 1.87 bits per heavy atom. The van der Waals surface area contributed by atoms with Crippen LogP contribution in [0.3, 0.4) is 0 Å². The number of nitrogens with zero attached hydrogens (tertiary/aromatic N) is 2. The monoisotopic (exact) mass is 320 g/mol. The van der Waals surface area contributed by atoms with E-state index in [4.69, 9.17) is 0 Å². The zero-order valence-corrected chi connectivity index (χ0v) is 13.6. The van der Waals surface area contributed by atoms with Crippen molar-refractivity contribution in [2.24, 2.45) is 0 Å². The molecule has 126 valence electrons. The van der Waals surface area contributed by atoms with Crippen molar-refractivity contribution in [3.8, 4) is 0 Å². The minimum Gasteiger partial charge on any atom is -0.390 e. The summed E-state index contributed by atoms with van der Waals surface area (Å²) in [6, 6.07) is 6.92. The number of hydrogen-bond donors (Lipinski definition) is 1. The molecule has 4 nitrogen and oxygen atoms in total. The van der Waals surface area contributed by atoms with E-state index in [-0.39, 0.29) is 23.7 Å². The molecule has 1 amide bonds. The van der Waals surface area contributed by atoms with Gasteiger partial charge in [0.05, 0.1) is 6.10 Å². The Balaban J connectivity index is 1.46. The molecule has 23 heavy (non-hydrogen) atoms. The van der Waals surface area contributed by atoms with E-state index in [9.17, 15) is 14.3 Å². The summed E-state index contributed by atoms with van der Waals surface area (Å²) in [6.45, 7) is 5.16. The molecule has 0 saturated carbocycles. The average Bonchev–Trinajstić information content (AvgIpc) is 2.52. The second-order valence-electron chi connectivity index (χ2n) is 6.88. The molecule has 0 spiro atoms. The first kappa shape index (κ1) is 16.4. The van der Waals surface area contributed by atoms with Crippen LogP contribution >= 0.6 is 0 Å². The first-order valence-electron chi connectivity index (χ1n) is 8.48. The summed E-state index contributed by atoms with van der Waals surface area (Å²) < 4.78 is 13.0. The first-order valence-corrected chi connectivity index (χ1v) is 8.48. The van der Waals surface area contributed by atoms with Gasteiger partial charge in [-0.1, -0.05) is 19.1 Å². The van der Waals surface area contributed by atoms with Gasteiger partial charge in [0.15, 0.2) is 0 Å². The molecule has 2 saturated heterocycles. The summed E-state index contributed by atoms with van der Waals surface area (Å²) >= 11 is 0. The molecule has 3 rings (SSSR count). The number of amides is 1. The zero-order chi connectivity index (χ0) is 16.4. The Morgan fingerprint density at radius 3 is 2.43 bits per heavy atom. The summed E-state index contributed by atoms with van der Waals surface area (Å²) in [5, 5.41) is 9.38. The minimum atomic E-state index is -0.245. The van der Waals surface area contributed by atoms with Gasteiger partial charge < -0.3 is 10.0 Å². The third-order valence-electron chi connectivity index (χ3n) is 5.14. The molecular weight excluding hydrogens is 295 g/mol. The quantitative estimate of drug-likeness (QED) is 0.923. The maximum Gasteiger partial charge on any atom is 0.223 e. The molecule has 2 heterocycles. The average molecular weight is 320 g/mol. The van der Waals surface area contributed by atoms with Crippen LogP contribution in [0, 0.1) is 5.82 Å². The van der Waals surface area contributed by atoms with Crippen molar-refractivity contribution < 1.29 is 14.3 Å². The van der Waals surface area contributed by atoms with Crippen molar-refractivity contribution >= 4 is 5.91 Å². The number of benzene rings is 1. The molecule has 1 N–H and O–H groups in total. The Hall–Kier alpha value is -1.46. The molecule has 1 aromatic rings. The van der Waals surface area contributed by atoms with Crippen LogP contribution in [0.2, 0.25) is 0 Å². The van der Waals surface area contributed by atoms with Gasteiger partial charge in [-0.25, -0.2) is 4.39 Å². The fourth-order valence-corrected chi connectivity index (χ4v) is 3.57. The molecule has 2 aliphatic heterocycles. The summed E-state index contributed by atoms with van der Waals surface area (Å²) in [5.41, 5.74) is 1.00. The largest absolute Gasteiger partial charge is 0.390 e. The Bertz CT molecular complexity index is 534. The highest BCUT2D eigenvalue weighted by molar-refractivity contribution is 5.77. The number of rotatable bonds is 4. The lowest BCUT2D eigenvalue weighted by atomic mass is 9.95. The van der Waals surface area contributed by atoms with Gasteiger partial charge in [0.1, 0.15) is 5.82 Å². The zero-order valence-electron chi connectivity index (χ0n) is 13.6. The van der Waals surface area contributed by atoms with Crippen LogP contribution in [0.15, 0.2) is 24.3 Å². The lowest BCUT2D eigenvalue weighted by Crippen LogP contribution is -2.58. The third kappa shape index (κ3) is 3.90. The van der Waals surface area contributed by atoms with E-state index >= 15 is 0 Å². The van der Waals surface area contributed by atoms with Gasteiger partial charge in [-0.2, -0.15) is 0 Å². The number of β-amino-alcohol motifs (C(OH)–C–C–N with tert-alkyl or cyclic N) is 1. The van der Waals surface area contributed by atoms with Crippen molar-refractivity contribution in [3.05, 3.63) is 35.6 Å².